The number of carbonyl (C=O) groups is 1. The smallest absolute Gasteiger partial charge is 0.336 e. The van der Waals surface area contributed by atoms with Gasteiger partial charge in [-0.1, -0.05) is 0 Å². The molecule has 0 aliphatic rings. The van der Waals surface area contributed by atoms with E-state index in [0.717, 1.165) is 3.57 Å². The van der Waals surface area contributed by atoms with Crippen LogP contribution in [0.25, 0.3) is 0 Å². The zero-order valence-corrected chi connectivity index (χ0v) is 9.45. The molecule has 1 rings (SSSR count). The first-order chi connectivity index (χ1) is 6.07. The predicted molar refractivity (Wildman–Crippen MR) is 57.4 cm³/mol. The average molecular weight is 292 g/mol. The minimum Gasteiger partial charge on any atom is -0.495 e. The summed E-state index contributed by atoms with van der Waals surface area (Å²) in [5, 5.41) is 8.82. The minimum absolute atomic E-state index is 0.289. The number of benzene rings is 1. The van der Waals surface area contributed by atoms with Crippen LogP contribution in [0.3, 0.4) is 0 Å². The van der Waals surface area contributed by atoms with Crippen LogP contribution in [0.15, 0.2) is 12.1 Å². The lowest BCUT2D eigenvalue weighted by molar-refractivity contribution is 0.0695. The fourth-order valence-electron chi connectivity index (χ4n) is 1.14. The van der Waals surface area contributed by atoms with Crippen LogP contribution in [0.4, 0.5) is 0 Å². The second-order valence-corrected chi connectivity index (χ2v) is 3.72. The SMILES string of the molecule is COc1c(I)ccc(C(=O)O)c1C. The number of hydrogen-bond donors (Lipinski definition) is 1. The van der Waals surface area contributed by atoms with Crippen molar-refractivity contribution in [1.82, 2.24) is 0 Å². The van der Waals surface area contributed by atoms with Crippen LogP contribution in [-0.2, 0) is 0 Å². The van der Waals surface area contributed by atoms with Gasteiger partial charge >= 0.3 is 5.97 Å². The van der Waals surface area contributed by atoms with E-state index < -0.39 is 5.97 Å². The van der Waals surface area contributed by atoms with E-state index in [1.807, 2.05) is 0 Å². The second kappa shape index (κ2) is 3.95. The van der Waals surface area contributed by atoms with Crippen molar-refractivity contribution in [2.75, 3.05) is 7.11 Å². The van der Waals surface area contributed by atoms with Crippen molar-refractivity contribution in [2.24, 2.45) is 0 Å². The van der Waals surface area contributed by atoms with Gasteiger partial charge in [-0.25, -0.2) is 4.79 Å². The van der Waals surface area contributed by atoms with Crippen molar-refractivity contribution in [3.8, 4) is 5.75 Å². The number of carboxylic acid groups (broad SMARTS) is 1. The zero-order chi connectivity index (χ0) is 10.0. The van der Waals surface area contributed by atoms with Gasteiger partial charge in [0.05, 0.1) is 16.2 Å². The first-order valence-corrected chi connectivity index (χ1v) is 4.72. The molecule has 0 saturated heterocycles. The standard InChI is InChI=1S/C9H9IO3/c1-5-6(9(11)12)3-4-7(10)8(5)13-2/h3-4H,1-2H3,(H,11,12). The van der Waals surface area contributed by atoms with Crippen molar-refractivity contribution < 1.29 is 14.6 Å². The number of hydrogen-bond acceptors (Lipinski definition) is 2. The third-order valence-corrected chi connectivity index (χ3v) is 2.64. The molecule has 1 aromatic carbocycles. The second-order valence-electron chi connectivity index (χ2n) is 2.56. The van der Waals surface area contributed by atoms with Gasteiger partial charge in [0.2, 0.25) is 0 Å². The molecule has 0 spiro atoms. The summed E-state index contributed by atoms with van der Waals surface area (Å²) in [7, 11) is 1.54. The number of carboxylic acids is 1. The summed E-state index contributed by atoms with van der Waals surface area (Å²) < 4.78 is 6.01. The Balaban J connectivity index is 3.35. The lowest BCUT2D eigenvalue weighted by Crippen LogP contribution is -2.02. The van der Waals surface area contributed by atoms with Gasteiger partial charge in [0.25, 0.3) is 0 Å². The van der Waals surface area contributed by atoms with Crippen LogP contribution in [0.1, 0.15) is 15.9 Å². The van der Waals surface area contributed by atoms with Gasteiger partial charge in [0.15, 0.2) is 0 Å². The third kappa shape index (κ3) is 1.93. The highest BCUT2D eigenvalue weighted by Crippen LogP contribution is 2.27. The molecule has 1 N–H and O–H groups in total. The fraction of sp³-hybridized carbons (Fsp3) is 0.222. The Labute approximate surface area is 89.9 Å². The molecule has 0 saturated carbocycles. The van der Waals surface area contributed by atoms with Gasteiger partial charge in [-0.15, -0.1) is 0 Å². The first-order valence-electron chi connectivity index (χ1n) is 3.64. The van der Waals surface area contributed by atoms with E-state index in [1.54, 1.807) is 19.1 Å². The highest BCUT2D eigenvalue weighted by Gasteiger charge is 2.13. The summed E-state index contributed by atoms with van der Waals surface area (Å²) in [4.78, 5) is 10.7. The Morgan fingerprint density at radius 3 is 2.62 bits per heavy atom. The largest absolute Gasteiger partial charge is 0.495 e. The molecule has 0 aliphatic carbocycles. The van der Waals surface area contributed by atoms with E-state index in [-0.39, 0.29) is 5.56 Å². The molecule has 70 valence electrons. The van der Waals surface area contributed by atoms with Crippen LogP contribution < -0.4 is 4.74 Å². The maximum atomic E-state index is 10.7. The Morgan fingerprint density at radius 1 is 1.54 bits per heavy atom. The van der Waals surface area contributed by atoms with Gasteiger partial charge in [-0.3, -0.25) is 0 Å². The Bertz CT molecular complexity index is 347. The molecule has 13 heavy (non-hydrogen) atoms. The van der Waals surface area contributed by atoms with E-state index >= 15 is 0 Å². The van der Waals surface area contributed by atoms with E-state index in [1.165, 1.54) is 7.11 Å². The van der Waals surface area contributed by atoms with Crippen LogP contribution in [-0.4, -0.2) is 18.2 Å². The summed E-state index contributed by atoms with van der Waals surface area (Å²) in [6.07, 6.45) is 0. The minimum atomic E-state index is -0.924. The van der Waals surface area contributed by atoms with E-state index in [9.17, 15) is 4.79 Å². The molecule has 0 atom stereocenters. The van der Waals surface area contributed by atoms with Gasteiger partial charge in [-0.05, 0) is 41.6 Å². The summed E-state index contributed by atoms with van der Waals surface area (Å²) in [5.74, 6) is -0.285. The third-order valence-electron chi connectivity index (χ3n) is 1.79. The predicted octanol–water partition coefficient (Wildman–Crippen LogP) is 2.31. The number of halogens is 1. The van der Waals surface area contributed by atoms with Crippen molar-refractivity contribution in [2.45, 2.75) is 6.92 Å². The normalized spacial score (nSPS) is 9.77. The molecular weight excluding hydrogens is 283 g/mol. The molecule has 1 aromatic rings. The summed E-state index contributed by atoms with van der Waals surface area (Å²) in [6.45, 7) is 1.74. The molecule has 3 nitrogen and oxygen atoms in total. The molecule has 0 fully saturated rings. The van der Waals surface area contributed by atoms with Crippen molar-refractivity contribution in [3.63, 3.8) is 0 Å². The molecule has 0 heterocycles. The van der Waals surface area contributed by atoms with Crippen LogP contribution in [0.2, 0.25) is 0 Å². The molecule has 0 amide bonds. The summed E-state index contributed by atoms with van der Waals surface area (Å²) in [6, 6.07) is 3.32. The van der Waals surface area contributed by atoms with Crippen molar-refractivity contribution >= 4 is 28.6 Å². The zero-order valence-electron chi connectivity index (χ0n) is 7.30. The maximum absolute atomic E-state index is 10.7. The van der Waals surface area contributed by atoms with Crippen LogP contribution in [0, 0.1) is 10.5 Å². The highest BCUT2D eigenvalue weighted by molar-refractivity contribution is 14.1. The van der Waals surface area contributed by atoms with Crippen molar-refractivity contribution in [1.29, 1.82) is 0 Å². The van der Waals surface area contributed by atoms with Gasteiger partial charge in [-0.2, -0.15) is 0 Å². The molecular formula is C9H9IO3. The lowest BCUT2D eigenvalue weighted by atomic mass is 10.1. The topological polar surface area (TPSA) is 46.5 Å². The lowest BCUT2D eigenvalue weighted by Gasteiger charge is -2.09. The van der Waals surface area contributed by atoms with Gasteiger partial charge in [0.1, 0.15) is 5.75 Å². The van der Waals surface area contributed by atoms with Crippen LogP contribution >= 0.6 is 22.6 Å². The van der Waals surface area contributed by atoms with Crippen LogP contribution in [0.5, 0.6) is 5.75 Å². The Hall–Kier alpha value is -0.780. The van der Waals surface area contributed by atoms with E-state index in [0.29, 0.717) is 11.3 Å². The quantitative estimate of drug-likeness (QED) is 0.851. The first kappa shape index (κ1) is 10.3. The molecule has 0 unspecified atom stereocenters. The number of aromatic carboxylic acids is 1. The Kier molecular flexibility index (Phi) is 3.13. The number of ether oxygens (including phenoxy) is 1. The van der Waals surface area contributed by atoms with Gasteiger partial charge < -0.3 is 9.84 Å². The maximum Gasteiger partial charge on any atom is 0.336 e. The summed E-state index contributed by atoms with van der Waals surface area (Å²) >= 11 is 2.11. The highest BCUT2D eigenvalue weighted by atomic mass is 127. The van der Waals surface area contributed by atoms with E-state index in [4.69, 9.17) is 9.84 Å². The average Bonchev–Trinajstić information content (AvgIpc) is 2.04. The monoisotopic (exact) mass is 292 g/mol. The number of methoxy groups -OCH3 is 1. The van der Waals surface area contributed by atoms with E-state index in [2.05, 4.69) is 22.6 Å². The fourth-order valence-corrected chi connectivity index (χ4v) is 1.95. The van der Waals surface area contributed by atoms with Crippen molar-refractivity contribution in [3.05, 3.63) is 26.8 Å². The molecule has 0 aliphatic heterocycles. The molecule has 0 aromatic heterocycles. The van der Waals surface area contributed by atoms with Gasteiger partial charge in [0, 0.05) is 5.56 Å². The number of rotatable bonds is 2. The summed E-state index contributed by atoms with van der Waals surface area (Å²) in [5.41, 5.74) is 0.958. The molecule has 0 radical (unpaired) electrons. The molecule has 4 heteroatoms. The molecule has 0 bridgehead atoms. The Morgan fingerprint density at radius 2 is 2.15 bits per heavy atom.